The molecule has 1 heterocycles. The van der Waals surface area contributed by atoms with E-state index < -0.39 is 29.2 Å². The van der Waals surface area contributed by atoms with Gasteiger partial charge in [-0.1, -0.05) is 62.6 Å². The number of benzene rings is 3. The van der Waals surface area contributed by atoms with Gasteiger partial charge in [0.2, 0.25) is 0 Å². The molecule has 0 radical (unpaired) electrons. The van der Waals surface area contributed by atoms with E-state index in [9.17, 15) is 22.0 Å². The highest BCUT2D eigenvalue weighted by atomic mass is 19.4. The Bertz CT molecular complexity index is 1390. The summed E-state index contributed by atoms with van der Waals surface area (Å²) in [5.41, 5.74) is 1.76. The molecule has 0 aliphatic rings. The third kappa shape index (κ3) is 7.40. The molecule has 0 saturated heterocycles. The first-order valence-electron chi connectivity index (χ1n) is 13.3. The Balaban J connectivity index is 1.38. The SMILES string of the molecule is CCCCCCc1ccc(CCc2ccc3c(F)c(CCc4cc(F)c(C(F)(F)F)c(F)c4)ccc3c2)nc1. The Kier molecular flexibility index (Phi) is 9.31. The van der Waals surface area contributed by atoms with E-state index in [1.165, 1.54) is 31.2 Å². The van der Waals surface area contributed by atoms with Gasteiger partial charge in [-0.3, -0.25) is 4.98 Å². The van der Waals surface area contributed by atoms with Crippen LogP contribution in [0.15, 0.2) is 60.8 Å². The van der Waals surface area contributed by atoms with E-state index in [-0.39, 0.29) is 18.4 Å². The second-order valence-electron chi connectivity index (χ2n) is 9.99. The molecule has 0 aliphatic carbocycles. The molecule has 0 N–H and O–H groups in total. The van der Waals surface area contributed by atoms with Crippen LogP contribution >= 0.6 is 0 Å². The molecule has 1 nitrogen and oxygen atoms in total. The van der Waals surface area contributed by atoms with E-state index in [2.05, 4.69) is 24.0 Å². The fourth-order valence-corrected chi connectivity index (χ4v) is 4.83. The molecule has 39 heavy (non-hydrogen) atoms. The molecule has 1 aromatic heterocycles. The minimum atomic E-state index is -5.12. The van der Waals surface area contributed by atoms with E-state index in [0.717, 1.165) is 35.9 Å². The molecule has 0 unspecified atom stereocenters. The van der Waals surface area contributed by atoms with Gasteiger partial charge in [-0.05, 0) is 84.4 Å². The van der Waals surface area contributed by atoms with Crippen molar-refractivity contribution in [3.8, 4) is 0 Å². The average Bonchev–Trinajstić information content (AvgIpc) is 2.89. The molecule has 0 atom stereocenters. The topological polar surface area (TPSA) is 12.9 Å². The molecule has 7 heteroatoms. The average molecular weight is 544 g/mol. The number of aromatic nitrogens is 1. The number of hydrogen-bond donors (Lipinski definition) is 0. The van der Waals surface area contributed by atoms with Crippen molar-refractivity contribution in [1.29, 1.82) is 0 Å². The molecule has 0 aliphatic heterocycles. The standard InChI is InChI=1S/C32H31F6N/c1-2-3-4-5-6-22-9-15-26(39-20-22)14-8-21-10-16-27-25(17-21)13-12-24(31(27)35)11-7-23-18-28(33)30(29(34)19-23)32(36,37)38/h9-10,12-13,15-20H,2-8,11,14H2,1H3. The van der Waals surface area contributed by atoms with Crippen molar-refractivity contribution in [2.75, 3.05) is 0 Å². The zero-order valence-corrected chi connectivity index (χ0v) is 21.9. The molecule has 206 valence electrons. The number of unbranched alkanes of at least 4 members (excludes halogenated alkanes) is 3. The molecule has 0 spiro atoms. The monoisotopic (exact) mass is 543 g/mol. The number of hydrogen-bond acceptors (Lipinski definition) is 1. The lowest BCUT2D eigenvalue weighted by Crippen LogP contribution is -2.12. The summed E-state index contributed by atoms with van der Waals surface area (Å²) in [5.74, 6) is -3.78. The number of fused-ring (bicyclic) bond motifs is 1. The van der Waals surface area contributed by atoms with Crippen LogP contribution in [0.1, 0.15) is 66.1 Å². The number of aryl methyl sites for hydroxylation is 5. The first-order chi connectivity index (χ1) is 18.7. The number of halogens is 6. The molecule has 4 aromatic rings. The Hall–Kier alpha value is -3.35. The van der Waals surface area contributed by atoms with Gasteiger partial charge >= 0.3 is 6.18 Å². The summed E-state index contributed by atoms with van der Waals surface area (Å²) >= 11 is 0. The maximum Gasteiger partial charge on any atom is 0.422 e. The maximum absolute atomic E-state index is 15.2. The van der Waals surface area contributed by atoms with Crippen LogP contribution in [0, 0.1) is 17.5 Å². The molecular formula is C32H31F6N. The van der Waals surface area contributed by atoms with Gasteiger partial charge in [0.25, 0.3) is 0 Å². The Morgan fingerprint density at radius 3 is 2.05 bits per heavy atom. The first kappa shape index (κ1) is 28.7. The Labute approximate surface area is 224 Å². The highest BCUT2D eigenvalue weighted by molar-refractivity contribution is 5.84. The van der Waals surface area contributed by atoms with Crippen LogP contribution in [0.4, 0.5) is 26.3 Å². The van der Waals surface area contributed by atoms with E-state index in [1.54, 1.807) is 18.2 Å². The molecule has 0 fully saturated rings. The van der Waals surface area contributed by atoms with Crippen LogP contribution in [0.5, 0.6) is 0 Å². The molecule has 4 rings (SSSR count). The normalized spacial score (nSPS) is 11.9. The lowest BCUT2D eigenvalue weighted by molar-refractivity contribution is -0.142. The van der Waals surface area contributed by atoms with E-state index in [4.69, 9.17) is 0 Å². The summed E-state index contributed by atoms with van der Waals surface area (Å²) in [4.78, 5) is 4.59. The van der Waals surface area contributed by atoms with Gasteiger partial charge in [-0.15, -0.1) is 0 Å². The van der Waals surface area contributed by atoms with Crippen LogP contribution in [0.3, 0.4) is 0 Å². The lowest BCUT2D eigenvalue weighted by atomic mass is 9.97. The van der Waals surface area contributed by atoms with Crippen LogP contribution in [0.25, 0.3) is 10.8 Å². The molecule has 0 amide bonds. The minimum Gasteiger partial charge on any atom is -0.261 e. The summed E-state index contributed by atoms with van der Waals surface area (Å²) in [7, 11) is 0. The van der Waals surface area contributed by atoms with Crippen molar-refractivity contribution in [2.24, 2.45) is 0 Å². The second kappa shape index (κ2) is 12.7. The predicted octanol–water partition coefficient (Wildman–Crippen LogP) is 9.36. The predicted molar refractivity (Wildman–Crippen MR) is 142 cm³/mol. The summed E-state index contributed by atoms with van der Waals surface area (Å²) in [6, 6.07) is 14.4. The molecular weight excluding hydrogens is 512 g/mol. The zero-order valence-electron chi connectivity index (χ0n) is 21.9. The van der Waals surface area contributed by atoms with Gasteiger partial charge in [-0.25, -0.2) is 13.2 Å². The Morgan fingerprint density at radius 2 is 1.38 bits per heavy atom. The van der Waals surface area contributed by atoms with Gasteiger partial charge in [0.1, 0.15) is 23.0 Å². The van der Waals surface area contributed by atoms with Crippen molar-refractivity contribution in [1.82, 2.24) is 4.98 Å². The first-order valence-corrected chi connectivity index (χ1v) is 13.3. The van der Waals surface area contributed by atoms with Crippen molar-refractivity contribution >= 4 is 10.8 Å². The van der Waals surface area contributed by atoms with Crippen molar-refractivity contribution in [2.45, 2.75) is 70.9 Å². The van der Waals surface area contributed by atoms with Gasteiger partial charge in [0.05, 0.1) is 0 Å². The van der Waals surface area contributed by atoms with Gasteiger partial charge in [-0.2, -0.15) is 13.2 Å². The molecule has 0 saturated carbocycles. The highest BCUT2D eigenvalue weighted by Gasteiger charge is 2.37. The number of alkyl halides is 3. The fraction of sp³-hybridized carbons (Fsp3) is 0.344. The van der Waals surface area contributed by atoms with Crippen LogP contribution in [-0.2, 0) is 38.3 Å². The van der Waals surface area contributed by atoms with Crippen LogP contribution in [0.2, 0.25) is 0 Å². The summed E-state index contributed by atoms with van der Waals surface area (Å²) < 4.78 is 81.3. The molecule has 3 aromatic carbocycles. The zero-order chi connectivity index (χ0) is 28.0. The summed E-state index contributed by atoms with van der Waals surface area (Å²) in [6.07, 6.45) is 4.38. The second-order valence-corrected chi connectivity index (χ2v) is 9.99. The number of pyridine rings is 1. The maximum atomic E-state index is 15.2. The fourth-order valence-electron chi connectivity index (χ4n) is 4.83. The third-order valence-electron chi connectivity index (χ3n) is 7.04. The quantitative estimate of drug-likeness (QED) is 0.136. The summed E-state index contributed by atoms with van der Waals surface area (Å²) in [6.45, 7) is 2.20. The summed E-state index contributed by atoms with van der Waals surface area (Å²) in [5, 5.41) is 1.15. The van der Waals surface area contributed by atoms with Crippen molar-refractivity contribution < 1.29 is 26.3 Å². The number of nitrogens with zero attached hydrogens (tertiary/aromatic N) is 1. The third-order valence-corrected chi connectivity index (χ3v) is 7.04. The van der Waals surface area contributed by atoms with Crippen LogP contribution < -0.4 is 0 Å². The van der Waals surface area contributed by atoms with Gasteiger partial charge in [0.15, 0.2) is 0 Å². The van der Waals surface area contributed by atoms with Crippen molar-refractivity contribution in [3.05, 3.63) is 112 Å². The van der Waals surface area contributed by atoms with Gasteiger partial charge in [0, 0.05) is 17.3 Å². The lowest BCUT2D eigenvalue weighted by Gasteiger charge is -2.12. The number of rotatable bonds is 11. The van der Waals surface area contributed by atoms with Crippen LogP contribution in [-0.4, -0.2) is 4.98 Å². The van der Waals surface area contributed by atoms with Crippen molar-refractivity contribution in [3.63, 3.8) is 0 Å². The van der Waals surface area contributed by atoms with Gasteiger partial charge < -0.3 is 0 Å². The minimum absolute atomic E-state index is 0.00296. The van der Waals surface area contributed by atoms with E-state index in [0.29, 0.717) is 23.1 Å². The molecule has 0 bridgehead atoms. The highest BCUT2D eigenvalue weighted by Crippen LogP contribution is 2.34. The van der Waals surface area contributed by atoms with E-state index in [1.807, 2.05) is 18.3 Å². The van der Waals surface area contributed by atoms with E-state index >= 15 is 4.39 Å². The smallest absolute Gasteiger partial charge is 0.261 e. The Morgan fingerprint density at radius 1 is 0.667 bits per heavy atom. The largest absolute Gasteiger partial charge is 0.422 e.